The highest BCUT2D eigenvalue weighted by Gasteiger charge is 2.22. The van der Waals surface area contributed by atoms with E-state index in [1.165, 1.54) is 0 Å². The number of nitrogens with one attached hydrogen (secondary N) is 1. The van der Waals surface area contributed by atoms with Crippen LogP contribution in [0.3, 0.4) is 0 Å². The van der Waals surface area contributed by atoms with Crippen LogP contribution >= 0.6 is 0 Å². The highest BCUT2D eigenvalue weighted by atomic mass is 16.5. The van der Waals surface area contributed by atoms with E-state index >= 15 is 0 Å². The van der Waals surface area contributed by atoms with Gasteiger partial charge < -0.3 is 19.7 Å². The summed E-state index contributed by atoms with van der Waals surface area (Å²) in [5.41, 5.74) is 3.95. The van der Waals surface area contributed by atoms with Gasteiger partial charge in [-0.15, -0.1) is 0 Å². The van der Waals surface area contributed by atoms with Gasteiger partial charge >= 0.3 is 0 Å². The van der Waals surface area contributed by atoms with Crippen LogP contribution in [0.4, 0.5) is 11.4 Å². The lowest BCUT2D eigenvalue weighted by atomic mass is 10.1. The van der Waals surface area contributed by atoms with Crippen LogP contribution in [-0.2, 0) is 11.2 Å². The summed E-state index contributed by atoms with van der Waals surface area (Å²) in [5, 5.41) is 2.90. The SMILES string of the molecule is COc1cc(C(=O)Nc2ccc3c(c2)CCN3C(C)=O)cc(OC)c1C. The first kappa shape index (κ1) is 17.8. The van der Waals surface area contributed by atoms with Gasteiger partial charge in [0.25, 0.3) is 5.91 Å². The summed E-state index contributed by atoms with van der Waals surface area (Å²) in [5.74, 6) is 0.975. The number of nitrogens with zero attached hydrogens (tertiary/aromatic N) is 1. The monoisotopic (exact) mass is 354 g/mol. The summed E-state index contributed by atoms with van der Waals surface area (Å²) in [4.78, 5) is 26.0. The van der Waals surface area contributed by atoms with Crippen molar-refractivity contribution in [1.82, 2.24) is 0 Å². The molecule has 1 N–H and O–H groups in total. The Morgan fingerprint density at radius 1 is 1.08 bits per heavy atom. The maximum Gasteiger partial charge on any atom is 0.255 e. The third-order valence-corrected chi connectivity index (χ3v) is 4.63. The van der Waals surface area contributed by atoms with Crippen LogP contribution in [-0.4, -0.2) is 32.6 Å². The van der Waals surface area contributed by atoms with Crippen LogP contribution in [0.15, 0.2) is 30.3 Å². The molecule has 0 bridgehead atoms. The quantitative estimate of drug-likeness (QED) is 0.916. The second-order valence-electron chi connectivity index (χ2n) is 6.22. The van der Waals surface area contributed by atoms with Crippen molar-refractivity contribution in [3.8, 4) is 11.5 Å². The predicted molar refractivity (Wildman–Crippen MR) is 100 cm³/mol. The molecule has 1 aliphatic rings. The second-order valence-corrected chi connectivity index (χ2v) is 6.22. The Bertz CT molecular complexity index is 851. The molecule has 2 amide bonds. The minimum atomic E-state index is -0.247. The molecular weight excluding hydrogens is 332 g/mol. The second kappa shape index (κ2) is 7.07. The molecule has 0 saturated heterocycles. The standard InChI is InChI=1S/C20H22N2O4/c1-12-18(25-3)10-15(11-19(12)26-4)20(24)21-16-5-6-17-14(9-16)7-8-22(17)13(2)23/h5-6,9-11H,7-8H2,1-4H3,(H,21,24). The summed E-state index contributed by atoms with van der Waals surface area (Å²) in [6.45, 7) is 4.11. The highest BCUT2D eigenvalue weighted by Crippen LogP contribution is 2.32. The van der Waals surface area contributed by atoms with E-state index in [4.69, 9.17) is 9.47 Å². The molecule has 26 heavy (non-hydrogen) atoms. The van der Waals surface area contributed by atoms with Gasteiger partial charge in [0.05, 0.1) is 14.2 Å². The lowest BCUT2D eigenvalue weighted by Gasteiger charge is -2.15. The number of benzene rings is 2. The highest BCUT2D eigenvalue weighted by molar-refractivity contribution is 6.05. The Labute approximate surface area is 152 Å². The molecule has 0 saturated carbocycles. The molecule has 0 atom stereocenters. The number of fused-ring (bicyclic) bond motifs is 1. The number of hydrogen-bond donors (Lipinski definition) is 1. The normalized spacial score (nSPS) is 12.5. The smallest absolute Gasteiger partial charge is 0.255 e. The molecule has 0 radical (unpaired) electrons. The fourth-order valence-corrected chi connectivity index (χ4v) is 3.23. The molecule has 136 valence electrons. The summed E-state index contributed by atoms with van der Waals surface area (Å²) < 4.78 is 10.7. The fourth-order valence-electron chi connectivity index (χ4n) is 3.23. The van der Waals surface area contributed by atoms with Gasteiger partial charge in [-0.05, 0) is 49.2 Å². The Balaban J connectivity index is 1.84. The zero-order valence-corrected chi connectivity index (χ0v) is 15.4. The molecule has 2 aromatic rings. The summed E-state index contributed by atoms with van der Waals surface area (Å²) in [7, 11) is 3.12. The minimum absolute atomic E-state index is 0.0272. The van der Waals surface area contributed by atoms with Crippen LogP contribution in [0.5, 0.6) is 11.5 Å². The molecule has 3 rings (SSSR count). The number of hydrogen-bond acceptors (Lipinski definition) is 4. The van der Waals surface area contributed by atoms with E-state index < -0.39 is 0 Å². The maximum atomic E-state index is 12.6. The molecule has 0 aliphatic carbocycles. The van der Waals surface area contributed by atoms with Gasteiger partial charge in [-0.2, -0.15) is 0 Å². The van der Waals surface area contributed by atoms with Crippen molar-refractivity contribution in [3.05, 3.63) is 47.0 Å². The molecule has 0 fully saturated rings. The molecule has 0 spiro atoms. The van der Waals surface area contributed by atoms with Crippen molar-refractivity contribution in [2.45, 2.75) is 20.3 Å². The molecule has 0 aromatic heterocycles. The van der Waals surface area contributed by atoms with Crippen LogP contribution < -0.4 is 19.7 Å². The molecule has 0 unspecified atom stereocenters. The molecule has 1 aliphatic heterocycles. The number of rotatable bonds is 4. The summed E-state index contributed by atoms with van der Waals surface area (Å²) in [6.07, 6.45) is 0.783. The summed E-state index contributed by atoms with van der Waals surface area (Å²) in [6, 6.07) is 8.98. The average Bonchev–Trinajstić information content (AvgIpc) is 3.05. The molecule has 1 heterocycles. The Hall–Kier alpha value is -3.02. The van der Waals surface area contributed by atoms with E-state index in [0.717, 1.165) is 23.2 Å². The zero-order valence-electron chi connectivity index (χ0n) is 15.4. The first-order chi connectivity index (χ1) is 12.4. The van der Waals surface area contributed by atoms with E-state index in [1.54, 1.807) is 44.2 Å². The van der Waals surface area contributed by atoms with E-state index in [9.17, 15) is 9.59 Å². The summed E-state index contributed by atoms with van der Waals surface area (Å²) >= 11 is 0. The van der Waals surface area contributed by atoms with Gasteiger partial charge in [-0.1, -0.05) is 0 Å². The van der Waals surface area contributed by atoms with Gasteiger partial charge in [0.2, 0.25) is 5.91 Å². The van der Waals surface area contributed by atoms with Crippen LogP contribution in [0.2, 0.25) is 0 Å². The number of amides is 2. The van der Waals surface area contributed by atoms with Gasteiger partial charge in [0.1, 0.15) is 11.5 Å². The third kappa shape index (κ3) is 3.22. The largest absolute Gasteiger partial charge is 0.496 e. The van der Waals surface area contributed by atoms with Crippen LogP contribution in [0.1, 0.15) is 28.4 Å². The van der Waals surface area contributed by atoms with Crippen LogP contribution in [0.25, 0.3) is 0 Å². The maximum absolute atomic E-state index is 12.6. The fraction of sp³-hybridized carbons (Fsp3) is 0.300. The number of carbonyl (C=O) groups is 2. The van der Waals surface area contributed by atoms with Crippen molar-refractivity contribution in [3.63, 3.8) is 0 Å². The van der Waals surface area contributed by atoms with E-state index in [0.29, 0.717) is 29.3 Å². The van der Waals surface area contributed by atoms with Crippen molar-refractivity contribution in [2.24, 2.45) is 0 Å². The minimum Gasteiger partial charge on any atom is -0.496 e. The van der Waals surface area contributed by atoms with E-state index in [2.05, 4.69) is 5.32 Å². The van der Waals surface area contributed by atoms with Gasteiger partial charge in [0, 0.05) is 36.0 Å². The van der Waals surface area contributed by atoms with Gasteiger partial charge in [-0.3, -0.25) is 9.59 Å². The Kier molecular flexibility index (Phi) is 4.84. The van der Waals surface area contributed by atoms with Gasteiger partial charge in [-0.25, -0.2) is 0 Å². The molecule has 6 nitrogen and oxygen atoms in total. The lowest BCUT2D eigenvalue weighted by Crippen LogP contribution is -2.25. The van der Waals surface area contributed by atoms with E-state index in [-0.39, 0.29) is 11.8 Å². The van der Waals surface area contributed by atoms with Gasteiger partial charge in [0.15, 0.2) is 0 Å². The number of methoxy groups -OCH3 is 2. The molecule has 2 aromatic carbocycles. The average molecular weight is 354 g/mol. The molecular formula is C20H22N2O4. The van der Waals surface area contributed by atoms with Crippen LogP contribution in [0, 0.1) is 6.92 Å². The van der Waals surface area contributed by atoms with Crippen molar-refractivity contribution < 1.29 is 19.1 Å². The van der Waals surface area contributed by atoms with Crippen molar-refractivity contribution in [1.29, 1.82) is 0 Å². The number of carbonyl (C=O) groups excluding carboxylic acids is 2. The predicted octanol–water partition coefficient (Wildman–Crippen LogP) is 3.17. The Morgan fingerprint density at radius 2 is 1.73 bits per heavy atom. The van der Waals surface area contributed by atoms with Crippen molar-refractivity contribution in [2.75, 3.05) is 31.0 Å². The zero-order chi connectivity index (χ0) is 18.8. The van der Waals surface area contributed by atoms with E-state index in [1.807, 2.05) is 19.1 Å². The number of anilines is 2. The first-order valence-corrected chi connectivity index (χ1v) is 8.39. The Morgan fingerprint density at radius 3 is 2.31 bits per heavy atom. The molecule has 6 heteroatoms. The third-order valence-electron chi connectivity index (χ3n) is 4.63. The van der Waals surface area contributed by atoms with Crippen molar-refractivity contribution >= 4 is 23.2 Å². The number of ether oxygens (including phenoxy) is 2. The lowest BCUT2D eigenvalue weighted by molar-refractivity contribution is -0.116. The topological polar surface area (TPSA) is 67.9 Å². The first-order valence-electron chi connectivity index (χ1n) is 8.39.